The molecule has 0 aliphatic rings. The molecule has 20 heavy (non-hydrogen) atoms. The Balaban J connectivity index is 2.15. The van der Waals surface area contributed by atoms with E-state index in [-0.39, 0.29) is 0 Å². The van der Waals surface area contributed by atoms with Crippen molar-refractivity contribution in [1.82, 2.24) is 4.98 Å². The van der Waals surface area contributed by atoms with Crippen LogP contribution in [0.4, 0.5) is 5.82 Å². The van der Waals surface area contributed by atoms with Crippen LogP contribution in [-0.4, -0.2) is 23.5 Å². The van der Waals surface area contributed by atoms with E-state index in [4.69, 9.17) is 11.6 Å². The highest BCUT2D eigenvalue weighted by atomic mass is 35.5. The van der Waals surface area contributed by atoms with Gasteiger partial charge in [-0.3, -0.25) is 0 Å². The summed E-state index contributed by atoms with van der Waals surface area (Å²) < 4.78 is 0. The van der Waals surface area contributed by atoms with Crippen molar-refractivity contribution < 1.29 is 0 Å². The lowest BCUT2D eigenvalue weighted by atomic mass is 10.1. The van der Waals surface area contributed by atoms with Gasteiger partial charge in [-0.15, -0.1) is 0 Å². The van der Waals surface area contributed by atoms with Crippen molar-refractivity contribution in [1.29, 1.82) is 5.26 Å². The molecule has 0 aliphatic heterocycles. The molecule has 104 valence electrons. The van der Waals surface area contributed by atoms with E-state index in [0.29, 0.717) is 10.6 Å². The SMILES string of the molecule is CSCCCCNc1cc(C#N)c2cc(Cl)ccc2n1. The highest BCUT2D eigenvalue weighted by Gasteiger charge is 2.06. The highest BCUT2D eigenvalue weighted by molar-refractivity contribution is 7.98. The van der Waals surface area contributed by atoms with E-state index < -0.39 is 0 Å². The molecule has 0 spiro atoms. The Morgan fingerprint density at radius 3 is 2.95 bits per heavy atom. The molecule has 0 atom stereocenters. The van der Waals surface area contributed by atoms with E-state index in [1.54, 1.807) is 18.2 Å². The van der Waals surface area contributed by atoms with Crippen LogP contribution in [0.3, 0.4) is 0 Å². The lowest BCUT2D eigenvalue weighted by Gasteiger charge is -2.08. The first kappa shape index (κ1) is 15.0. The molecular formula is C15H16ClN3S. The number of rotatable bonds is 6. The molecule has 0 bridgehead atoms. The van der Waals surface area contributed by atoms with Gasteiger partial charge in [0.25, 0.3) is 0 Å². The van der Waals surface area contributed by atoms with E-state index in [9.17, 15) is 5.26 Å². The van der Waals surface area contributed by atoms with Crippen molar-refractivity contribution >= 4 is 40.1 Å². The van der Waals surface area contributed by atoms with Crippen LogP contribution in [-0.2, 0) is 0 Å². The minimum atomic E-state index is 0.601. The summed E-state index contributed by atoms with van der Waals surface area (Å²) in [5.41, 5.74) is 1.39. The maximum atomic E-state index is 9.24. The zero-order valence-electron chi connectivity index (χ0n) is 11.3. The summed E-state index contributed by atoms with van der Waals surface area (Å²) in [5.74, 6) is 1.93. The third-order valence-electron chi connectivity index (χ3n) is 2.97. The van der Waals surface area contributed by atoms with Gasteiger partial charge in [0, 0.05) is 17.0 Å². The van der Waals surface area contributed by atoms with Crippen LogP contribution >= 0.6 is 23.4 Å². The average Bonchev–Trinajstić information content (AvgIpc) is 2.46. The number of halogens is 1. The van der Waals surface area contributed by atoms with Crippen molar-refractivity contribution in [2.24, 2.45) is 0 Å². The first-order chi connectivity index (χ1) is 9.74. The van der Waals surface area contributed by atoms with Crippen LogP contribution in [0.25, 0.3) is 10.9 Å². The van der Waals surface area contributed by atoms with Gasteiger partial charge in [0.05, 0.1) is 17.1 Å². The van der Waals surface area contributed by atoms with Gasteiger partial charge >= 0.3 is 0 Å². The van der Waals surface area contributed by atoms with E-state index in [0.717, 1.165) is 29.7 Å². The Labute approximate surface area is 128 Å². The highest BCUT2D eigenvalue weighted by Crippen LogP contribution is 2.23. The first-order valence-electron chi connectivity index (χ1n) is 6.48. The number of hydrogen-bond donors (Lipinski definition) is 1. The molecule has 0 radical (unpaired) electrons. The molecule has 0 saturated heterocycles. The molecule has 0 saturated carbocycles. The van der Waals surface area contributed by atoms with E-state index >= 15 is 0 Å². The Kier molecular flexibility index (Phi) is 5.51. The third-order valence-corrected chi connectivity index (χ3v) is 3.90. The molecule has 0 fully saturated rings. The van der Waals surface area contributed by atoms with Crippen LogP contribution in [0.5, 0.6) is 0 Å². The van der Waals surface area contributed by atoms with E-state index in [1.165, 1.54) is 12.2 Å². The van der Waals surface area contributed by atoms with Crippen molar-refractivity contribution in [3.05, 3.63) is 34.9 Å². The van der Waals surface area contributed by atoms with Gasteiger partial charge in [-0.1, -0.05) is 11.6 Å². The quantitative estimate of drug-likeness (QED) is 0.808. The van der Waals surface area contributed by atoms with Crippen LogP contribution in [0.2, 0.25) is 5.02 Å². The van der Waals surface area contributed by atoms with Gasteiger partial charge in [0.15, 0.2) is 0 Å². The first-order valence-corrected chi connectivity index (χ1v) is 8.25. The van der Waals surface area contributed by atoms with E-state index in [2.05, 4.69) is 22.6 Å². The van der Waals surface area contributed by atoms with Crippen LogP contribution in [0.1, 0.15) is 18.4 Å². The van der Waals surface area contributed by atoms with Crippen molar-refractivity contribution in [3.8, 4) is 6.07 Å². The van der Waals surface area contributed by atoms with Crippen molar-refractivity contribution in [3.63, 3.8) is 0 Å². The number of nitrogens with one attached hydrogen (secondary N) is 1. The minimum absolute atomic E-state index is 0.601. The number of nitriles is 1. The maximum Gasteiger partial charge on any atom is 0.127 e. The predicted octanol–water partition coefficient (Wildman–Crippen LogP) is 4.31. The molecular weight excluding hydrogens is 290 g/mol. The molecule has 3 nitrogen and oxygen atoms in total. The molecule has 1 aromatic carbocycles. The molecule has 5 heteroatoms. The number of pyridine rings is 1. The van der Waals surface area contributed by atoms with Crippen LogP contribution < -0.4 is 5.32 Å². The van der Waals surface area contributed by atoms with Gasteiger partial charge in [-0.2, -0.15) is 17.0 Å². The van der Waals surface area contributed by atoms with Gasteiger partial charge in [-0.05, 0) is 49.1 Å². The number of nitrogens with zero attached hydrogens (tertiary/aromatic N) is 2. The van der Waals surface area contributed by atoms with Gasteiger partial charge in [0.1, 0.15) is 5.82 Å². The van der Waals surface area contributed by atoms with Gasteiger partial charge < -0.3 is 5.32 Å². The smallest absolute Gasteiger partial charge is 0.127 e. The number of aromatic nitrogens is 1. The number of thioether (sulfide) groups is 1. The summed E-state index contributed by atoms with van der Waals surface area (Å²) in [6, 6.07) is 9.41. The fourth-order valence-corrected chi connectivity index (χ4v) is 2.63. The lowest BCUT2D eigenvalue weighted by Crippen LogP contribution is -2.04. The maximum absolute atomic E-state index is 9.24. The molecule has 2 rings (SSSR count). The normalized spacial score (nSPS) is 10.4. The topological polar surface area (TPSA) is 48.7 Å². The molecule has 1 N–H and O–H groups in total. The van der Waals surface area contributed by atoms with Crippen LogP contribution in [0.15, 0.2) is 24.3 Å². The molecule has 0 aliphatic carbocycles. The van der Waals surface area contributed by atoms with Crippen LogP contribution in [0, 0.1) is 11.3 Å². The second kappa shape index (κ2) is 7.37. The summed E-state index contributed by atoms with van der Waals surface area (Å²) in [7, 11) is 0. The van der Waals surface area contributed by atoms with E-state index in [1.807, 2.05) is 17.8 Å². The standard InChI is InChI=1S/C15H16ClN3S/c1-20-7-3-2-6-18-15-8-11(10-17)13-9-12(16)4-5-14(13)19-15/h4-5,8-9H,2-3,6-7H2,1H3,(H,18,19). The average molecular weight is 306 g/mol. The number of unbranched alkanes of at least 4 members (excludes halogenated alkanes) is 1. The second-order valence-corrected chi connectivity index (χ2v) is 5.88. The van der Waals surface area contributed by atoms with Crippen molar-refractivity contribution in [2.75, 3.05) is 23.9 Å². The Bertz CT molecular complexity index is 637. The Hall–Kier alpha value is -1.44. The summed E-state index contributed by atoms with van der Waals surface area (Å²) in [4.78, 5) is 4.52. The molecule has 2 aromatic rings. The summed E-state index contributed by atoms with van der Waals surface area (Å²) in [6.07, 6.45) is 4.40. The molecule has 1 heterocycles. The number of anilines is 1. The Morgan fingerprint density at radius 1 is 1.35 bits per heavy atom. The molecule has 1 aromatic heterocycles. The number of hydrogen-bond acceptors (Lipinski definition) is 4. The summed E-state index contributed by atoms with van der Waals surface area (Å²) >= 11 is 7.82. The fraction of sp³-hybridized carbons (Fsp3) is 0.333. The zero-order chi connectivity index (χ0) is 14.4. The largest absolute Gasteiger partial charge is 0.370 e. The van der Waals surface area contributed by atoms with Crippen molar-refractivity contribution in [2.45, 2.75) is 12.8 Å². The lowest BCUT2D eigenvalue weighted by molar-refractivity contribution is 0.840. The monoisotopic (exact) mass is 305 g/mol. The second-order valence-electron chi connectivity index (χ2n) is 4.46. The zero-order valence-corrected chi connectivity index (χ0v) is 12.9. The fourth-order valence-electron chi connectivity index (χ4n) is 1.97. The molecule has 0 unspecified atom stereocenters. The predicted molar refractivity (Wildman–Crippen MR) is 87.6 cm³/mol. The Morgan fingerprint density at radius 2 is 2.20 bits per heavy atom. The number of fused-ring (bicyclic) bond motifs is 1. The third kappa shape index (κ3) is 3.78. The summed E-state index contributed by atoms with van der Waals surface area (Å²) in [5, 5.41) is 13.9. The molecule has 0 amide bonds. The minimum Gasteiger partial charge on any atom is -0.370 e. The summed E-state index contributed by atoms with van der Waals surface area (Å²) in [6.45, 7) is 0.873. The van der Waals surface area contributed by atoms with Gasteiger partial charge in [0.2, 0.25) is 0 Å². The number of benzene rings is 1. The van der Waals surface area contributed by atoms with Gasteiger partial charge in [-0.25, -0.2) is 4.98 Å².